The molecule has 0 aliphatic heterocycles. The van der Waals surface area contributed by atoms with Crippen LogP contribution in [0.2, 0.25) is 0 Å². The maximum Gasteiger partial charge on any atom is 0.248 e. The van der Waals surface area contributed by atoms with Gasteiger partial charge in [-0.1, -0.05) is 86.2 Å². The molecule has 0 unspecified atom stereocenters. The van der Waals surface area contributed by atoms with Gasteiger partial charge in [-0.25, -0.2) is 0 Å². The lowest BCUT2D eigenvalue weighted by atomic mass is 10.1. The van der Waals surface area contributed by atoms with Crippen molar-refractivity contribution in [3.05, 3.63) is 97.1 Å². The molecule has 0 atom stereocenters. The summed E-state index contributed by atoms with van der Waals surface area (Å²) in [5.74, 6) is 1.10. The Hall–Kier alpha value is -3.20. The van der Waals surface area contributed by atoms with E-state index in [0.29, 0.717) is 11.8 Å². The third-order valence-corrected chi connectivity index (χ3v) is 4.06. The molecule has 0 bridgehead atoms. The van der Waals surface area contributed by atoms with E-state index in [4.69, 9.17) is 4.42 Å². The van der Waals surface area contributed by atoms with Crippen molar-refractivity contribution in [3.63, 3.8) is 0 Å². The number of unbranched alkanes of at least 4 members (excludes halogenated alkanes) is 1. The van der Waals surface area contributed by atoms with Crippen LogP contribution in [0, 0.1) is 6.92 Å². The van der Waals surface area contributed by atoms with Gasteiger partial charge < -0.3 is 4.42 Å². The molecule has 0 fully saturated rings. The molecule has 3 heteroatoms. The average molecular weight is 373 g/mol. The zero-order chi connectivity index (χ0) is 20.2. The first-order valence-electron chi connectivity index (χ1n) is 9.57. The summed E-state index contributed by atoms with van der Waals surface area (Å²) in [6, 6.07) is 17.8. The highest BCUT2D eigenvalue weighted by Crippen LogP contribution is 2.23. The van der Waals surface area contributed by atoms with E-state index in [2.05, 4.69) is 30.3 Å². The molecule has 0 radical (unpaired) electrons. The van der Waals surface area contributed by atoms with Gasteiger partial charge in [0, 0.05) is 11.1 Å². The van der Waals surface area contributed by atoms with Crippen LogP contribution in [0.25, 0.3) is 22.9 Å². The highest BCUT2D eigenvalue weighted by atomic mass is 16.4. The summed E-state index contributed by atoms with van der Waals surface area (Å²) in [7, 11) is 0. The standard InChI is InChI=1S/C15H12N2O.C10H16/c1-11-7-9-13(10-8-11)15-17-16-14(18-15)12-5-3-2-4-6-12;1-4-6-8-10(3)9-7-5-2/h2-10H,1H3;4,6,8H,1,3,5,7,9H2,2H3/b;8-6-. The van der Waals surface area contributed by atoms with Gasteiger partial charge in [0.2, 0.25) is 11.8 Å². The van der Waals surface area contributed by atoms with E-state index in [0.717, 1.165) is 17.5 Å². The second kappa shape index (κ2) is 11.5. The van der Waals surface area contributed by atoms with E-state index in [1.54, 1.807) is 6.08 Å². The lowest BCUT2D eigenvalue weighted by Crippen LogP contribution is -1.78. The predicted molar refractivity (Wildman–Crippen MR) is 118 cm³/mol. The summed E-state index contributed by atoms with van der Waals surface area (Å²) in [6.07, 6.45) is 9.31. The fourth-order valence-corrected chi connectivity index (χ4v) is 2.42. The summed E-state index contributed by atoms with van der Waals surface area (Å²) in [5.41, 5.74) is 4.28. The second-order valence-corrected chi connectivity index (χ2v) is 6.50. The average Bonchev–Trinajstić information content (AvgIpc) is 3.22. The van der Waals surface area contributed by atoms with Crippen molar-refractivity contribution in [1.29, 1.82) is 0 Å². The van der Waals surface area contributed by atoms with Crippen LogP contribution in [-0.4, -0.2) is 10.2 Å². The van der Waals surface area contributed by atoms with Gasteiger partial charge in [0.1, 0.15) is 0 Å². The van der Waals surface area contributed by atoms with Gasteiger partial charge in [0.15, 0.2) is 0 Å². The highest BCUT2D eigenvalue weighted by Gasteiger charge is 2.09. The molecule has 0 aliphatic rings. The Labute approximate surface area is 168 Å². The first kappa shape index (κ1) is 21.1. The zero-order valence-electron chi connectivity index (χ0n) is 16.8. The molecule has 3 rings (SSSR count). The molecule has 144 valence electrons. The third-order valence-electron chi connectivity index (χ3n) is 4.06. The molecule has 0 saturated heterocycles. The van der Waals surface area contributed by atoms with Gasteiger partial charge in [-0.3, -0.25) is 0 Å². The molecule has 28 heavy (non-hydrogen) atoms. The zero-order valence-corrected chi connectivity index (χ0v) is 16.8. The Morgan fingerprint density at radius 2 is 1.57 bits per heavy atom. The van der Waals surface area contributed by atoms with Crippen molar-refractivity contribution in [2.24, 2.45) is 0 Å². The van der Waals surface area contributed by atoms with E-state index in [-0.39, 0.29) is 0 Å². The van der Waals surface area contributed by atoms with E-state index in [1.165, 1.54) is 24.0 Å². The van der Waals surface area contributed by atoms with E-state index in [1.807, 2.05) is 73.7 Å². The van der Waals surface area contributed by atoms with Crippen molar-refractivity contribution in [2.45, 2.75) is 33.1 Å². The van der Waals surface area contributed by atoms with Crippen molar-refractivity contribution in [1.82, 2.24) is 10.2 Å². The maximum absolute atomic E-state index is 5.67. The van der Waals surface area contributed by atoms with Crippen LogP contribution >= 0.6 is 0 Å². The third kappa shape index (κ3) is 6.84. The van der Waals surface area contributed by atoms with Crippen LogP contribution in [-0.2, 0) is 0 Å². The molecule has 3 nitrogen and oxygen atoms in total. The SMILES string of the molecule is C=C/C=C\C(=C)CCCC.Cc1ccc(-c2nnc(-c3ccccc3)o2)cc1. The topological polar surface area (TPSA) is 38.9 Å². The summed E-state index contributed by atoms with van der Waals surface area (Å²) >= 11 is 0. The van der Waals surface area contributed by atoms with Crippen molar-refractivity contribution < 1.29 is 4.42 Å². The summed E-state index contributed by atoms with van der Waals surface area (Å²) in [4.78, 5) is 0. The number of hydrogen-bond acceptors (Lipinski definition) is 3. The molecular formula is C25H28N2O. The number of aromatic nitrogens is 2. The second-order valence-electron chi connectivity index (χ2n) is 6.50. The summed E-state index contributed by atoms with van der Waals surface area (Å²) in [6.45, 7) is 11.7. The monoisotopic (exact) mass is 372 g/mol. The van der Waals surface area contributed by atoms with Crippen molar-refractivity contribution in [2.75, 3.05) is 0 Å². The lowest BCUT2D eigenvalue weighted by molar-refractivity contribution is 0.584. The molecule has 3 aromatic rings. The smallest absolute Gasteiger partial charge is 0.248 e. The minimum atomic E-state index is 0.547. The van der Waals surface area contributed by atoms with Gasteiger partial charge in [-0.05, 0) is 44.0 Å². The number of hydrogen-bond donors (Lipinski definition) is 0. The molecule has 2 aromatic carbocycles. The summed E-state index contributed by atoms with van der Waals surface area (Å²) in [5, 5.41) is 8.14. The van der Waals surface area contributed by atoms with Crippen molar-refractivity contribution in [3.8, 4) is 22.9 Å². The van der Waals surface area contributed by atoms with E-state index in [9.17, 15) is 0 Å². The molecule has 0 spiro atoms. The van der Waals surface area contributed by atoms with Crippen molar-refractivity contribution >= 4 is 0 Å². The van der Waals surface area contributed by atoms with Crippen LogP contribution in [0.3, 0.4) is 0 Å². The largest absolute Gasteiger partial charge is 0.416 e. The Kier molecular flexibility index (Phi) is 8.67. The molecule has 0 saturated carbocycles. The Morgan fingerprint density at radius 1 is 0.964 bits per heavy atom. The fraction of sp³-hybridized carbons (Fsp3) is 0.200. The number of benzene rings is 2. The minimum Gasteiger partial charge on any atom is -0.416 e. The molecule has 0 amide bonds. The van der Waals surface area contributed by atoms with Crippen LogP contribution in [0.15, 0.2) is 96.0 Å². The first-order chi connectivity index (χ1) is 13.6. The molecular weight excluding hydrogens is 344 g/mol. The quantitative estimate of drug-likeness (QED) is 0.412. The Balaban J connectivity index is 0.000000242. The van der Waals surface area contributed by atoms with Crippen LogP contribution < -0.4 is 0 Å². The first-order valence-corrected chi connectivity index (χ1v) is 9.57. The summed E-state index contributed by atoms with van der Waals surface area (Å²) < 4.78 is 5.67. The number of aryl methyl sites for hydroxylation is 1. The minimum absolute atomic E-state index is 0.547. The van der Waals surface area contributed by atoms with Crippen LogP contribution in [0.1, 0.15) is 31.7 Å². The maximum atomic E-state index is 5.67. The lowest BCUT2D eigenvalue weighted by Gasteiger charge is -1.95. The van der Waals surface area contributed by atoms with Gasteiger partial charge in [-0.2, -0.15) is 0 Å². The molecule has 1 heterocycles. The van der Waals surface area contributed by atoms with E-state index < -0.39 is 0 Å². The number of rotatable bonds is 7. The number of nitrogens with zero attached hydrogens (tertiary/aromatic N) is 2. The Morgan fingerprint density at radius 3 is 2.14 bits per heavy atom. The predicted octanol–water partition coefficient (Wildman–Crippen LogP) is 7.19. The molecule has 1 aromatic heterocycles. The number of allylic oxidation sites excluding steroid dienone is 4. The van der Waals surface area contributed by atoms with Crippen LogP contribution in [0.5, 0.6) is 0 Å². The normalized spacial score (nSPS) is 10.4. The highest BCUT2D eigenvalue weighted by molar-refractivity contribution is 5.57. The fourth-order valence-electron chi connectivity index (χ4n) is 2.42. The van der Waals surface area contributed by atoms with Gasteiger partial charge >= 0.3 is 0 Å². The van der Waals surface area contributed by atoms with E-state index >= 15 is 0 Å². The van der Waals surface area contributed by atoms with Gasteiger partial charge in [-0.15, -0.1) is 10.2 Å². The van der Waals surface area contributed by atoms with Crippen LogP contribution in [0.4, 0.5) is 0 Å². The Bertz CT molecular complexity index is 890. The molecule has 0 N–H and O–H groups in total. The molecule has 0 aliphatic carbocycles. The van der Waals surface area contributed by atoms with Gasteiger partial charge in [0.25, 0.3) is 0 Å². The van der Waals surface area contributed by atoms with Gasteiger partial charge in [0.05, 0.1) is 0 Å².